The summed E-state index contributed by atoms with van der Waals surface area (Å²) in [6.45, 7) is 2.78. The maximum absolute atomic E-state index is 12.4. The van der Waals surface area contributed by atoms with Crippen molar-refractivity contribution in [3.8, 4) is 28.9 Å². The molecule has 0 aliphatic carbocycles. The van der Waals surface area contributed by atoms with Crippen LogP contribution in [0.1, 0.15) is 17.3 Å². The summed E-state index contributed by atoms with van der Waals surface area (Å²) < 4.78 is 17.9. The number of rotatable bonds is 9. The zero-order chi connectivity index (χ0) is 22.3. The third-order valence-corrected chi connectivity index (χ3v) is 4.52. The van der Waals surface area contributed by atoms with Gasteiger partial charge in [-0.25, -0.2) is 4.98 Å². The normalized spacial score (nSPS) is 10.7. The number of fused-ring (bicyclic) bond motifs is 1. The molecule has 0 bridgehead atoms. The largest absolute Gasteiger partial charge is 0.497 e. The van der Waals surface area contributed by atoms with Gasteiger partial charge in [0.2, 0.25) is 11.8 Å². The minimum absolute atomic E-state index is 0.231. The monoisotopic (exact) mass is 434 g/mol. The van der Waals surface area contributed by atoms with Crippen molar-refractivity contribution in [2.45, 2.75) is 6.92 Å². The third-order valence-electron chi connectivity index (χ3n) is 4.52. The number of hydrogen-bond acceptors (Lipinski definition) is 8. The Kier molecular flexibility index (Phi) is 6.40. The molecule has 0 aliphatic heterocycles. The molecule has 1 amide bonds. The van der Waals surface area contributed by atoms with Crippen molar-refractivity contribution in [3.63, 3.8) is 0 Å². The van der Waals surface area contributed by atoms with Crippen LogP contribution in [-0.2, 0) is 0 Å². The Morgan fingerprint density at radius 3 is 2.69 bits per heavy atom. The predicted molar refractivity (Wildman–Crippen MR) is 116 cm³/mol. The molecule has 10 heteroatoms. The number of benzene rings is 1. The first-order valence-corrected chi connectivity index (χ1v) is 10.0. The molecule has 0 radical (unpaired) electrons. The van der Waals surface area contributed by atoms with Crippen LogP contribution in [0.4, 0.5) is 0 Å². The van der Waals surface area contributed by atoms with Gasteiger partial charge in [0.25, 0.3) is 5.91 Å². The molecule has 164 valence electrons. The van der Waals surface area contributed by atoms with Crippen molar-refractivity contribution in [2.24, 2.45) is 0 Å². The highest BCUT2D eigenvalue weighted by molar-refractivity contribution is 5.96. The Balaban J connectivity index is 1.39. The Hall–Kier alpha value is -4.21. The van der Waals surface area contributed by atoms with Gasteiger partial charge in [0.05, 0.1) is 20.3 Å². The second kappa shape index (κ2) is 9.73. The van der Waals surface area contributed by atoms with E-state index < -0.39 is 0 Å². The molecular weight excluding hydrogens is 412 g/mol. The molecule has 4 aromatic rings. The van der Waals surface area contributed by atoms with E-state index >= 15 is 0 Å². The average molecular weight is 434 g/mol. The topological polar surface area (TPSA) is 113 Å². The van der Waals surface area contributed by atoms with Crippen LogP contribution in [0.2, 0.25) is 0 Å². The van der Waals surface area contributed by atoms with E-state index in [1.165, 1.54) is 0 Å². The number of carbonyl (C=O) groups is 1. The molecule has 1 aromatic carbocycles. The van der Waals surface area contributed by atoms with Crippen molar-refractivity contribution in [3.05, 3.63) is 60.3 Å². The van der Waals surface area contributed by atoms with Gasteiger partial charge in [0.1, 0.15) is 17.9 Å². The molecule has 0 atom stereocenters. The SMILES string of the molecule is CCOc1ncccc1C(=O)NCCOc1ccc2nnc(-c3ccc(OC)cc3)n2n1. The summed E-state index contributed by atoms with van der Waals surface area (Å²) in [6, 6.07) is 14.3. The molecule has 32 heavy (non-hydrogen) atoms. The molecule has 4 rings (SSSR count). The highest BCUT2D eigenvalue weighted by Gasteiger charge is 2.13. The number of amides is 1. The summed E-state index contributed by atoms with van der Waals surface area (Å²) in [5.74, 6) is 1.74. The smallest absolute Gasteiger partial charge is 0.256 e. The van der Waals surface area contributed by atoms with Crippen molar-refractivity contribution >= 4 is 11.6 Å². The number of pyridine rings is 1. The van der Waals surface area contributed by atoms with Gasteiger partial charge < -0.3 is 19.5 Å². The van der Waals surface area contributed by atoms with Crippen LogP contribution in [-0.4, -0.2) is 57.6 Å². The lowest BCUT2D eigenvalue weighted by Gasteiger charge is -2.10. The molecule has 0 saturated heterocycles. The number of nitrogens with zero attached hydrogens (tertiary/aromatic N) is 5. The van der Waals surface area contributed by atoms with Crippen LogP contribution in [0, 0.1) is 0 Å². The Bertz CT molecular complexity index is 1210. The predicted octanol–water partition coefficient (Wildman–Crippen LogP) is 2.40. The molecule has 0 unspecified atom stereocenters. The summed E-state index contributed by atoms with van der Waals surface area (Å²) in [5.41, 5.74) is 1.82. The van der Waals surface area contributed by atoms with Crippen molar-refractivity contribution in [1.82, 2.24) is 30.1 Å². The van der Waals surface area contributed by atoms with E-state index in [0.29, 0.717) is 35.4 Å². The summed E-state index contributed by atoms with van der Waals surface area (Å²) in [4.78, 5) is 16.5. The third kappa shape index (κ3) is 4.59. The minimum Gasteiger partial charge on any atom is -0.497 e. The molecule has 3 heterocycles. The highest BCUT2D eigenvalue weighted by atomic mass is 16.5. The zero-order valence-corrected chi connectivity index (χ0v) is 17.7. The van der Waals surface area contributed by atoms with Crippen LogP contribution in [0.5, 0.6) is 17.5 Å². The highest BCUT2D eigenvalue weighted by Crippen LogP contribution is 2.22. The molecular formula is C22H22N6O4. The van der Waals surface area contributed by atoms with E-state index in [9.17, 15) is 4.79 Å². The molecule has 0 fully saturated rings. The van der Waals surface area contributed by atoms with E-state index in [2.05, 4.69) is 25.6 Å². The fraction of sp³-hybridized carbons (Fsp3) is 0.227. The lowest BCUT2D eigenvalue weighted by molar-refractivity contribution is 0.0941. The van der Waals surface area contributed by atoms with Crippen molar-refractivity contribution < 1.29 is 19.0 Å². The number of carbonyl (C=O) groups excluding carboxylic acids is 1. The summed E-state index contributed by atoms with van der Waals surface area (Å²) in [7, 11) is 1.61. The van der Waals surface area contributed by atoms with E-state index in [1.54, 1.807) is 42.1 Å². The van der Waals surface area contributed by atoms with Crippen LogP contribution < -0.4 is 19.5 Å². The van der Waals surface area contributed by atoms with E-state index in [0.717, 1.165) is 11.3 Å². The molecule has 3 aromatic heterocycles. The molecule has 0 aliphatic rings. The van der Waals surface area contributed by atoms with Crippen LogP contribution in [0.15, 0.2) is 54.7 Å². The molecule has 0 spiro atoms. The van der Waals surface area contributed by atoms with Gasteiger partial charge in [-0.05, 0) is 49.4 Å². The summed E-state index contributed by atoms with van der Waals surface area (Å²) in [5, 5.41) is 15.6. The first-order valence-electron chi connectivity index (χ1n) is 10.0. The Morgan fingerprint density at radius 1 is 1.06 bits per heavy atom. The first-order chi connectivity index (χ1) is 15.7. The minimum atomic E-state index is -0.283. The second-order valence-corrected chi connectivity index (χ2v) is 6.59. The average Bonchev–Trinajstić information content (AvgIpc) is 3.25. The number of nitrogens with one attached hydrogen (secondary N) is 1. The van der Waals surface area contributed by atoms with E-state index in [1.807, 2.05) is 31.2 Å². The van der Waals surface area contributed by atoms with Crippen molar-refractivity contribution in [2.75, 3.05) is 26.9 Å². The number of hydrogen-bond donors (Lipinski definition) is 1. The lowest BCUT2D eigenvalue weighted by atomic mass is 10.2. The van der Waals surface area contributed by atoms with Crippen LogP contribution in [0.25, 0.3) is 17.0 Å². The fourth-order valence-corrected chi connectivity index (χ4v) is 3.00. The number of aromatic nitrogens is 5. The molecule has 1 N–H and O–H groups in total. The van der Waals surface area contributed by atoms with Gasteiger partial charge in [-0.3, -0.25) is 4.79 Å². The summed E-state index contributed by atoms with van der Waals surface area (Å²) in [6.07, 6.45) is 1.58. The number of methoxy groups -OCH3 is 1. The van der Waals surface area contributed by atoms with Gasteiger partial charge in [-0.15, -0.1) is 15.3 Å². The van der Waals surface area contributed by atoms with E-state index in [4.69, 9.17) is 14.2 Å². The van der Waals surface area contributed by atoms with Gasteiger partial charge in [0.15, 0.2) is 11.5 Å². The van der Waals surface area contributed by atoms with E-state index in [-0.39, 0.29) is 19.1 Å². The second-order valence-electron chi connectivity index (χ2n) is 6.59. The maximum atomic E-state index is 12.4. The van der Waals surface area contributed by atoms with Crippen LogP contribution >= 0.6 is 0 Å². The Labute approximate surface area is 184 Å². The zero-order valence-electron chi connectivity index (χ0n) is 17.7. The molecule has 0 saturated carbocycles. The van der Waals surface area contributed by atoms with Gasteiger partial charge in [0, 0.05) is 17.8 Å². The quantitative estimate of drug-likeness (QED) is 0.400. The van der Waals surface area contributed by atoms with Gasteiger partial charge in [-0.2, -0.15) is 4.52 Å². The molecule has 10 nitrogen and oxygen atoms in total. The standard InChI is InChI=1S/C22H22N6O4/c1-3-31-22-17(5-4-12-24-22)21(29)23-13-14-32-19-11-10-18-25-26-20(28(18)27-19)15-6-8-16(30-2)9-7-15/h4-12H,3,13-14H2,1-2H3,(H,23,29). The Morgan fingerprint density at radius 2 is 1.91 bits per heavy atom. The van der Waals surface area contributed by atoms with Crippen molar-refractivity contribution in [1.29, 1.82) is 0 Å². The maximum Gasteiger partial charge on any atom is 0.256 e. The number of ether oxygens (including phenoxy) is 3. The summed E-state index contributed by atoms with van der Waals surface area (Å²) >= 11 is 0. The lowest BCUT2D eigenvalue weighted by Crippen LogP contribution is -2.28. The first kappa shape index (κ1) is 21.0. The fourth-order valence-electron chi connectivity index (χ4n) is 3.00. The van der Waals surface area contributed by atoms with Gasteiger partial charge in [-0.1, -0.05) is 0 Å². The van der Waals surface area contributed by atoms with Crippen LogP contribution in [0.3, 0.4) is 0 Å². The van der Waals surface area contributed by atoms with Gasteiger partial charge >= 0.3 is 0 Å².